The number of fused-ring (bicyclic) bond motifs is 6. The Morgan fingerprint density at radius 1 is 0.345 bits per heavy atom. The van der Waals surface area contributed by atoms with E-state index in [1.165, 1.54) is 27.1 Å². The zero-order valence-corrected chi connectivity index (χ0v) is 31.4. The van der Waals surface area contributed by atoms with Gasteiger partial charge in [0.1, 0.15) is 0 Å². The Balaban J connectivity index is 1.00. The molecule has 0 amide bonds. The van der Waals surface area contributed by atoms with Crippen molar-refractivity contribution in [2.75, 3.05) is 4.90 Å². The first kappa shape index (κ1) is 28.7. The predicted octanol–water partition coefficient (Wildman–Crippen LogP) is 15.6. The average molecular weight is 744 g/mol. The maximum atomic E-state index is 8.56. The minimum absolute atomic E-state index is 0.182. The van der Waals surface area contributed by atoms with Gasteiger partial charge in [0.15, 0.2) is 0 Å². The van der Waals surface area contributed by atoms with Crippen LogP contribution >= 0.6 is 0 Å². The standard InChI is InChI=1S/C56H38N2/c1-4-12-39(13-5-1)41-22-29-49(30-23-41)57(50-31-24-42(25-32-50)40-14-6-2-7-15-40)51-33-26-45-36-44(20-21-46(45)37-51)47-28-34-53-54-35-27-43-16-10-11-19-52(43)56(54)58(55(53)38-47)48-17-8-3-9-18-48/h1-38H/i1D,4D,5D,12D,13D. The monoisotopic (exact) mass is 743 g/mol. The highest BCUT2D eigenvalue weighted by Crippen LogP contribution is 2.41. The van der Waals surface area contributed by atoms with Gasteiger partial charge in [0.25, 0.3) is 0 Å². The van der Waals surface area contributed by atoms with E-state index in [9.17, 15) is 0 Å². The first-order valence-electron chi connectivity index (χ1n) is 22.0. The van der Waals surface area contributed by atoms with Gasteiger partial charge < -0.3 is 9.47 Å². The second-order valence-corrected chi connectivity index (χ2v) is 14.6. The molecular formula is C56H38N2. The molecule has 0 bridgehead atoms. The highest BCUT2D eigenvalue weighted by Gasteiger charge is 2.17. The topological polar surface area (TPSA) is 8.17 Å². The van der Waals surface area contributed by atoms with Crippen LogP contribution in [0.2, 0.25) is 0 Å². The molecule has 2 heteroatoms. The lowest BCUT2D eigenvalue weighted by Gasteiger charge is -2.26. The van der Waals surface area contributed by atoms with Gasteiger partial charge in [-0.25, -0.2) is 0 Å². The van der Waals surface area contributed by atoms with E-state index in [1.807, 2.05) is 42.5 Å². The molecule has 0 spiro atoms. The fourth-order valence-electron chi connectivity index (χ4n) is 8.41. The van der Waals surface area contributed by atoms with Crippen LogP contribution in [0.25, 0.3) is 82.4 Å². The number of benzene rings is 10. The van der Waals surface area contributed by atoms with Gasteiger partial charge in [-0.3, -0.25) is 0 Å². The lowest BCUT2D eigenvalue weighted by atomic mass is 9.99. The van der Waals surface area contributed by atoms with E-state index < -0.39 is 6.04 Å². The highest BCUT2D eigenvalue weighted by molar-refractivity contribution is 6.19. The number of anilines is 3. The highest BCUT2D eigenvalue weighted by atomic mass is 15.1. The van der Waals surface area contributed by atoms with Crippen LogP contribution in [0.1, 0.15) is 6.85 Å². The van der Waals surface area contributed by atoms with Crippen LogP contribution in [0, 0.1) is 0 Å². The lowest BCUT2D eigenvalue weighted by molar-refractivity contribution is 1.19. The molecule has 0 aliphatic rings. The van der Waals surface area contributed by atoms with E-state index in [4.69, 9.17) is 6.85 Å². The van der Waals surface area contributed by atoms with E-state index >= 15 is 0 Å². The smallest absolute Gasteiger partial charge is 0.0629 e. The molecule has 58 heavy (non-hydrogen) atoms. The third kappa shape index (κ3) is 5.91. The molecule has 1 heterocycles. The predicted molar refractivity (Wildman–Crippen MR) is 247 cm³/mol. The van der Waals surface area contributed by atoms with E-state index in [1.54, 1.807) is 0 Å². The van der Waals surface area contributed by atoms with Crippen molar-refractivity contribution in [3.05, 3.63) is 230 Å². The molecule has 0 atom stereocenters. The summed E-state index contributed by atoms with van der Waals surface area (Å²) in [6, 6.07) is 68.5. The fourth-order valence-corrected chi connectivity index (χ4v) is 8.41. The number of aromatic nitrogens is 1. The van der Waals surface area contributed by atoms with Crippen molar-refractivity contribution in [2.45, 2.75) is 0 Å². The van der Waals surface area contributed by atoms with Crippen molar-refractivity contribution in [3.8, 4) is 39.1 Å². The summed E-state index contributed by atoms with van der Waals surface area (Å²) in [6.07, 6.45) is 0. The molecule has 0 aliphatic carbocycles. The molecule has 11 rings (SSSR count). The zero-order chi connectivity index (χ0) is 42.8. The lowest BCUT2D eigenvalue weighted by Crippen LogP contribution is -2.09. The quantitative estimate of drug-likeness (QED) is 0.158. The normalized spacial score (nSPS) is 12.7. The fraction of sp³-hybridized carbons (Fsp3) is 0. The van der Waals surface area contributed by atoms with E-state index in [-0.39, 0.29) is 29.7 Å². The summed E-state index contributed by atoms with van der Waals surface area (Å²) in [7, 11) is 0. The van der Waals surface area contributed by atoms with Crippen LogP contribution in [-0.2, 0) is 0 Å². The van der Waals surface area contributed by atoms with E-state index in [2.05, 4.69) is 167 Å². The Bertz CT molecular complexity index is 3520. The molecule has 0 fully saturated rings. The number of rotatable bonds is 7. The van der Waals surface area contributed by atoms with Gasteiger partial charge in [-0.05, 0) is 110 Å². The van der Waals surface area contributed by atoms with Gasteiger partial charge in [-0.2, -0.15) is 0 Å². The second-order valence-electron chi connectivity index (χ2n) is 14.6. The van der Waals surface area contributed by atoms with Crippen molar-refractivity contribution < 1.29 is 6.85 Å². The first-order chi connectivity index (χ1) is 30.8. The summed E-state index contributed by atoms with van der Waals surface area (Å²) in [5, 5.41) is 7.09. The third-order valence-electron chi connectivity index (χ3n) is 11.2. The summed E-state index contributed by atoms with van der Waals surface area (Å²) in [5.41, 5.74) is 11.5. The minimum atomic E-state index is -0.402. The number of hydrogen-bond donors (Lipinski definition) is 0. The average Bonchev–Trinajstić information content (AvgIpc) is 3.68. The molecule has 0 saturated heterocycles. The van der Waals surface area contributed by atoms with Gasteiger partial charge in [0.05, 0.1) is 17.9 Å². The van der Waals surface area contributed by atoms with Crippen LogP contribution in [-0.4, -0.2) is 4.57 Å². The van der Waals surface area contributed by atoms with Crippen LogP contribution in [0.15, 0.2) is 230 Å². The second kappa shape index (κ2) is 14.1. The van der Waals surface area contributed by atoms with Crippen molar-refractivity contribution in [1.29, 1.82) is 0 Å². The van der Waals surface area contributed by atoms with Crippen LogP contribution < -0.4 is 4.90 Å². The molecule has 10 aromatic carbocycles. The third-order valence-corrected chi connectivity index (χ3v) is 11.2. The number of para-hydroxylation sites is 1. The minimum Gasteiger partial charge on any atom is -0.310 e. The Labute approximate surface area is 345 Å². The molecule has 0 N–H and O–H groups in total. The Kier molecular flexibility index (Phi) is 6.98. The molecule has 0 radical (unpaired) electrons. The molecular weight excluding hydrogens is 701 g/mol. The molecule has 1 aromatic heterocycles. The molecule has 272 valence electrons. The van der Waals surface area contributed by atoms with Crippen molar-refractivity contribution >= 4 is 60.4 Å². The molecule has 0 saturated carbocycles. The summed E-state index contributed by atoms with van der Waals surface area (Å²) in [6.45, 7) is 0. The first-order valence-corrected chi connectivity index (χ1v) is 19.5. The van der Waals surface area contributed by atoms with Crippen molar-refractivity contribution in [3.63, 3.8) is 0 Å². The van der Waals surface area contributed by atoms with Crippen LogP contribution in [0.3, 0.4) is 0 Å². The zero-order valence-electron chi connectivity index (χ0n) is 36.4. The molecule has 0 aliphatic heterocycles. The Hall–Kier alpha value is -7.68. The summed E-state index contributed by atoms with van der Waals surface area (Å²) < 4.78 is 44.1. The maximum Gasteiger partial charge on any atom is 0.0629 e. The van der Waals surface area contributed by atoms with Crippen LogP contribution in [0.5, 0.6) is 0 Å². The molecule has 0 unspecified atom stereocenters. The van der Waals surface area contributed by atoms with E-state index in [0.29, 0.717) is 5.56 Å². The summed E-state index contributed by atoms with van der Waals surface area (Å²) >= 11 is 0. The summed E-state index contributed by atoms with van der Waals surface area (Å²) in [4.78, 5) is 2.19. The Morgan fingerprint density at radius 2 is 0.879 bits per heavy atom. The maximum absolute atomic E-state index is 8.56. The molecule has 2 nitrogen and oxygen atoms in total. The number of nitrogens with zero attached hydrogens (tertiary/aromatic N) is 2. The van der Waals surface area contributed by atoms with Gasteiger partial charge in [-0.15, -0.1) is 0 Å². The van der Waals surface area contributed by atoms with Gasteiger partial charge >= 0.3 is 0 Å². The van der Waals surface area contributed by atoms with Gasteiger partial charge in [-0.1, -0.05) is 170 Å². The Morgan fingerprint density at radius 3 is 1.64 bits per heavy atom. The molecule has 11 aromatic rings. The van der Waals surface area contributed by atoms with E-state index in [0.717, 1.165) is 61.3 Å². The van der Waals surface area contributed by atoms with Gasteiger partial charge in [0, 0.05) is 38.9 Å². The van der Waals surface area contributed by atoms with Gasteiger partial charge in [0.2, 0.25) is 0 Å². The van der Waals surface area contributed by atoms with Crippen molar-refractivity contribution in [1.82, 2.24) is 4.57 Å². The largest absolute Gasteiger partial charge is 0.310 e. The SMILES string of the molecule is [2H]c1c([2H])c([2H])c(-c2ccc(N(c3ccc(-c4ccccc4)cc3)c3ccc4cc(-c5ccc6c7ccc8ccccc8c7n(-c7ccccc7)c6c5)ccc4c3)cc2)c([2H])c1[2H]. The van der Waals surface area contributed by atoms with Crippen molar-refractivity contribution in [2.24, 2.45) is 0 Å². The number of hydrogen-bond acceptors (Lipinski definition) is 1. The summed E-state index contributed by atoms with van der Waals surface area (Å²) in [5.74, 6) is 0. The van der Waals surface area contributed by atoms with Crippen LogP contribution in [0.4, 0.5) is 17.1 Å².